The molecule has 1 heterocycles. The van der Waals surface area contributed by atoms with E-state index in [0.29, 0.717) is 19.6 Å². The summed E-state index contributed by atoms with van der Waals surface area (Å²) in [5.74, 6) is -1.18. The van der Waals surface area contributed by atoms with Gasteiger partial charge in [0.15, 0.2) is 0 Å². The standard InChI is InChI=1S/C12H21N3O5S/c1-3-4-5-11(12(16)17)14-21(18,19)10-8-13-15(9-10)6-7-20-2/h8-9,11,14H,3-7H2,1-2H3,(H,16,17). The van der Waals surface area contributed by atoms with Gasteiger partial charge >= 0.3 is 5.97 Å². The van der Waals surface area contributed by atoms with Crippen LogP contribution in [0.1, 0.15) is 26.2 Å². The van der Waals surface area contributed by atoms with Crippen LogP contribution in [-0.4, -0.2) is 49.0 Å². The lowest BCUT2D eigenvalue weighted by Gasteiger charge is -2.13. The molecule has 9 heteroatoms. The van der Waals surface area contributed by atoms with E-state index >= 15 is 0 Å². The molecule has 1 aromatic rings. The number of carboxylic acid groups (broad SMARTS) is 1. The summed E-state index contributed by atoms with van der Waals surface area (Å²) in [6.07, 6.45) is 4.22. The monoisotopic (exact) mass is 319 g/mol. The van der Waals surface area contributed by atoms with Crippen molar-refractivity contribution in [2.24, 2.45) is 0 Å². The van der Waals surface area contributed by atoms with E-state index in [0.717, 1.165) is 6.42 Å². The van der Waals surface area contributed by atoms with Gasteiger partial charge < -0.3 is 9.84 Å². The zero-order valence-corrected chi connectivity index (χ0v) is 13.0. The number of aliphatic carboxylic acids is 1. The van der Waals surface area contributed by atoms with Crippen LogP contribution in [0.3, 0.4) is 0 Å². The molecule has 0 spiro atoms. The van der Waals surface area contributed by atoms with Crippen LogP contribution in [0.25, 0.3) is 0 Å². The van der Waals surface area contributed by atoms with Crippen molar-refractivity contribution < 1.29 is 23.1 Å². The molecule has 1 atom stereocenters. The fourth-order valence-corrected chi connectivity index (χ4v) is 2.86. The minimum absolute atomic E-state index is 0.0543. The fraction of sp³-hybridized carbons (Fsp3) is 0.667. The Morgan fingerprint density at radius 1 is 1.57 bits per heavy atom. The lowest BCUT2D eigenvalue weighted by molar-refractivity contribution is -0.139. The maximum Gasteiger partial charge on any atom is 0.321 e. The number of nitrogens with zero attached hydrogens (tertiary/aromatic N) is 2. The summed E-state index contributed by atoms with van der Waals surface area (Å²) in [5.41, 5.74) is 0. The van der Waals surface area contributed by atoms with Crippen LogP contribution in [0, 0.1) is 0 Å². The number of hydrogen-bond donors (Lipinski definition) is 2. The van der Waals surface area contributed by atoms with Gasteiger partial charge in [0.1, 0.15) is 10.9 Å². The highest BCUT2D eigenvalue weighted by molar-refractivity contribution is 7.89. The van der Waals surface area contributed by atoms with Gasteiger partial charge in [-0.1, -0.05) is 19.8 Å². The van der Waals surface area contributed by atoms with E-state index in [4.69, 9.17) is 9.84 Å². The van der Waals surface area contributed by atoms with Crippen molar-refractivity contribution in [3.63, 3.8) is 0 Å². The molecule has 120 valence electrons. The third-order valence-electron chi connectivity index (χ3n) is 2.89. The van der Waals surface area contributed by atoms with E-state index in [2.05, 4.69) is 9.82 Å². The largest absolute Gasteiger partial charge is 0.480 e. The second-order valence-corrected chi connectivity index (χ2v) is 6.30. The van der Waals surface area contributed by atoms with Gasteiger partial charge in [-0.15, -0.1) is 0 Å². The molecule has 21 heavy (non-hydrogen) atoms. The lowest BCUT2D eigenvalue weighted by Crippen LogP contribution is -2.40. The predicted molar refractivity (Wildman–Crippen MR) is 75.4 cm³/mol. The van der Waals surface area contributed by atoms with Gasteiger partial charge in [-0.25, -0.2) is 8.42 Å². The molecule has 0 aliphatic carbocycles. The van der Waals surface area contributed by atoms with Crippen molar-refractivity contribution in [3.05, 3.63) is 12.4 Å². The van der Waals surface area contributed by atoms with Crippen molar-refractivity contribution in [1.82, 2.24) is 14.5 Å². The Balaban J connectivity index is 2.79. The summed E-state index contributed by atoms with van der Waals surface area (Å²) in [6.45, 7) is 2.74. The predicted octanol–water partition coefficient (Wildman–Crippen LogP) is 0.451. The smallest absolute Gasteiger partial charge is 0.321 e. The van der Waals surface area contributed by atoms with Crippen LogP contribution in [0.5, 0.6) is 0 Å². The van der Waals surface area contributed by atoms with Gasteiger partial charge in [-0.3, -0.25) is 9.48 Å². The molecular weight excluding hydrogens is 298 g/mol. The molecule has 1 unspecified atom stereocenters. The zero-order valence-electron chi connectivity index (χ0n) is 12.2. The molecule has 0 bridgehead atoms. The third kappa shape index (κ3) is 5.44. The number of unbranched alkanes of at least 4 members (excludes halogenated alkanes) is 1. The summed E-state index contributed by atoms with van der Waals surface area (Å²) in [7, 11) is -2.36. The summed E-state index contributed by atoms with van der Waals surface area (Å²) >= 11 is 0. The van der Waals surface area contributed by atoms with Crippen LogP contribution >= 0.6 is 0 Å². The van der Waals surface area contributed by atoms with Crippen molar-refractivity contribution in [3.8, 4) is 0 Å². The number of ether oxygens (including phenoxy) is 1. The molecule has 8 nitrogen and oxygen atoms in total. The first-order valence-corrected chi connectivity index (χ1v) is 8.15. The van der Waals surface area contributed by atoms with E-state index in [1.165, 1.54) is 24.2 Å². The first-order chi connectivity index (χ1) is 9.90. The number of aromatic nitrogens is 2. The molecule has 1 aromatic heterocycles. The number of nitrogens with one attached hydrogen (secondary N) is 1. The number of hydrogen-bond acceptors (Lipinski definition) is 5. The molecule has 0 fully saturated rings. The highest BCUT2D eigenvalue weighted by atomic mass is 32.2. The van der Waals surface area contributed by atoms with Crippen molar-refractivity contribution in [2.75, 3.05) is 13.7 Å². The van der Waals surface area contributed by atoms with E-state index < -0.39 is 22.0 Å². The van der Waals surface area contributed by atoms with Crippen molar-refractivity contribution in [2.45, 2.75) is 43.7 Å². The highest BCUT2D eigenvalue weighted by Crippen LogP contribution is 2.10. The Hall–Kier alpha value is -1.45. The van der Waals surface area contributed by atoms with Gasteiger partial charge in [0.25, 0.3) is 0 Å². The molecule has 0 saturated carbocycles. The molecule has 0 radical (unpaired) electrons. The van der Waals surface area contributed by atoms with E-state index in [9.17, 15) is 13.2 Å². The number of rotatable bonds is 10. The molecule has 0 aliphatic heterocycles. The second-order valence-electron chi connectivity index (χ2n) is 4.59. The third-order valence-corrected chi connectivity index (χ3v) is 4.31. The van der Waals surface area contributed by atoms with Crippen LogP contribution < -0.4 is 4.72 Å². The quantitative estimate of drug-likeness (QED) is 0.648. The van der Waals surface area contributed by atoms with Gasteiger partial charge in [0, 0.05) is 13.3 Å². The Labute approximate surface area is 124 Å². The molecule has 0 saturated heterocycles. The summed E-state index contributed by atoms with van der Waals surface area (Å²) < 4.78 is 32.8. The number of sulfonamides is 1. The van der Waals surface area contributed by atoms with Crippen molar-refractivity contribution >= 4 is 16.0 Å². The number of carboxylic acids is 1. The molecule has 0 aromatic carbocycles. The Bertz CT molecular complexity index is 555. The fourth-order valence-electron chi connectivity index (χ4n) is 1.69. The van der Waals surface area contributed by atoms with Crippen LogP contribution in [0.15, 0.2) is 17.3 Å². The first kappa shape index (κ1) is 17.6. The first-order valence-electron chi connectivity index (χ1n) is 6.67. The maximum atomic E-state index is 12.1. The SMILES string of the molecule is CCCCC(NS(=O)(=O)c1cnn(CCOC)c1)C(=O)O. The average Bonchev–Trinajstić information content (AvgIpc) is 2.90. The van der Waals surface area contributed by atoms with Gasteiger partial charge in [0.05, 0.1) is 19.3 Å². The highest BCUT2D eigenvalue weighted by Gasteiger charge is 2.25. The molecule has 2 N–H and O–H groups in total. The minimum atomic E-state index is -3.89. The molecule has 0 amide bonds. The number of carbonyl (C=O) groups is 1. The van der Waals surface area contributed by atoms with Gasteiger partial charge in [-0.2, -0.15) is 9.82 Å². The van der Waals surface area contributed by atoms with E-state index in [1.807, 2.05) is 6.92 Å². The number of methoxy groups -OCH3 is 1. The Kier molecular flexibility index (Phi) is 6.79. The molecular formula is C12H21N3O5S. The lowest BCUT2D eigenvalue weighted by atomic mass is 10.1. The summed E-state index contributed by atoms with van der Waals surface area (Å²) in [4.78, 5) is 11.0. The Morgan fingerprint density at radius 2 is 2.29 bits per heavy atom. The topological polar surface area (TPSA) is 111 Å². The van der Waals surface area contributed by atoms with Crippen molar-refractivity contribution in [1.29, 1.82) is 0 Å². The normalized spacial score (nSPS) is 13.2. The molecule has 1 rings (SSSR count). The van der Waals surface area contributed by atoms with Crippen LogP contribution in [-0.2, 0) is 26.1 Å². The summed E-state index contributed by atoms with van der Waals surface area (Å²) in [6, 6.07) is -1.13. The zero-order chi connectivity index (χ0) is 15.9. The van der Waals surface area contributed by atoms with Crippen LogP contribution in [0.4, 0.5) is 0 Å². The van der Waals surface area contributed by atoms with Crippen LogP contribution in [0.2, 0.25) is 0 Å². The van der Waals surface area contributed by atoms with E-state index in [1.54, 1.807) is 0 Å². The average molecular weight is 319 g/mol. The van der Waals surface area contributed by atoms with E-state index in [-0.39, 0.29) is 11.3 Å². The minimum Gasteiger partial charge on any atom is -0.480 e. The van der Waals surface area contributed by atoms with Gasteiger partial charge in [0.2, 0.25) is 10.0 Å². The summed E-state index contributed by atoms with van der Waals surface area (Å²) in [5, 5.41) is 13.0. The maximum absolute atomic E-state index is 12.1. The Morgan fingerprint density at radius 3 is 2.86 bits per heavy atom. The molecule has 0 aliphatic rings. The van der Waals surface area contributed by atoms with Gasteiger partial charge in [-0.05, 0) is 6.42 Å². The second kappa shape index (κ2) is 8.11.